The van der Waals surface area contributed by atoms with Gasteiger partial charge in [0.25, 0.3) is 0 Å². The summed E-state index contributed by atoms with van der Waals surface area (Å²) in [7, 11) is 0. The third-order valence-corrected chi connectivity index (χ3v) is 13.2. The number of hydrogen-bond acceptors (Lipinski definition) is 2. The Hall–Kier alpha value is -4.50. The van der Waals surface area contributed by atoms with E-state index in [2.05, 4.69) is 163 Å². The van der Waals surface area contributed by atoms with Gasteiger partial charge in [-0.2, -0.15) is 0 Å². The molecule has 9 rings (SSSR count). The Labute approximate surface area is 290 Å². The van der Waals surface area contributed by atoms with Crippen molar-refractivity contribution in [3.8, 4) is 22.3 Å². The van der Waals surface area contributed by atoms with E-state index >= 15 is 0 Å². The first-order valence-electron chi connectivity index (χ1n) is 16.9. The minimum atomic E-state index is 0.0484. The summed E-state index contributed by atoms with van der Waals surface area (Å²) in [4.78, 5) is 2.85. The zero-order valence-corrected chi connectivity index (χ0v) is 30.0. The van der Waals surface area contributed by atoms with Crippen molar-refractivity contribution in [2.24, 2.45) is 0 Å². The Morgan fingerprint density at radius 1 is 0.354 bits per heavy atom. The lowest BCUT2D eigenvalue weighted by Gasteiger charge is -2.15. The Balaban J connectivity index is 1.39. The van der Waals surface area contributed by atoms with Crippen molar-refractivity contribution >= 4 is 85.9 Å². The lowest BCUT2D eigenvalue weighted by atomic mass is 9.88. The molecular weight excluding hydrogens is 617 g/mol. The van der Waals surface area contributed by atoms with Crippen LogP contribution in [0.15, 0.2) is 121 Å². The first-order valence-corrected chi connectivity index (χ1v) is 18.6. The molecule has 0 saturated heterocycles. The highest BCUT2D eigenvalue weighted by molar-refractivity contribution is 7.22. The molecule has 48 heavy (non-hydrogen) atoms. The summed E-state index contributed by atoms with van der Waals surface area (Å²) < 4.78 is 2.78. The normalized spacial score (nSPS) is 12.8. The minimum Gasteiger partial charge on any atom is -0.139 e. The van der Waals surface area contributed by atoms with Gasteiger partial charge in [0.1, 0.15) is 0 Å². The molecule has 0 aliphatic rings. The number of hydrogen-bond donors (Lipinski definition) is 0. The standard InChI is InChI=1S/C46H38S2/c1-45(2,3)39-25-37-41(31-19-21-35-29(23-31)17-15-27-11-7-9-13-33(27)35)44-38(26-40(48-44)46(4,5)6)42(43(37)47-39)32-20-22-36-30(24-32)18-16-28-12-8-10-14-34(28)36/h7-26H,1-6H3. The predicted octanol–water partition coefficient (Wildman–Crippen LogP) is 14.7. The fourth-order valence-corrected chi connectivity index (χ4v) is 10.0. The van der Waals surface area contributed by atoms with Crippen LogP contribution in [0.25, 0.3) is 85.5 Å². The maximum absolute atomic E-state index is 2.51. The molecule has 0 atom stereocenters. The Morgan fingerprint density at radius 3 is 1.15 bits per heavy atom. The van der Waals surface area contributed by atoms with Gasteiger partial charge >= 0.3 is 0 Å². The third-order valence-electron chi connectivity index (χ3n) is 10.0. The molecule has 0 aliphatic heterocycles. The summed E-state index contributed by atoms with van der Waals surface area (Å²) >= 11 is 3.97. The maximum Gasteiger partial charge on any atom is 0.0437 e. The Bertz CT molecular complexity index is 2490. The molecule has 0 radical (unpaired) electrons. The maximum atomic E-state index is 2.51. The van der Waals surface area contributed by atoms with Crippen molar-refractivity contribution < 1.29 is 0 Å². The van der Waals surface area contributed by atoms with Crippen molar-refractivity contribution in [3.05, 3.63) is 131 Å². The van der Waals surface area contributed by atoms with Crippen LogP contribution in [0.1, 0.15) is 51.3 Å². The molecule has 0 saturated carbocycles. The van der Waals surface area contributed by atoms with Crippen LogP contribution in [0.5, 0.6) is 0 Å². The van der Waals surface area contributed by atoms with Gasteiger partial charge in [-0.15, -0.1) is 22.7 Å². The molecule has 0 fully saturated rings. The van der Waals surface area contributed by atoms with Crippen LogP contribution in [-0.4, -0.2) is 0 Å². The van der Waals surface area contributed by atoms with Crippen LogP contribution in [0.3, 0.4) is 0 Å². The van der Waals surface area contributed by atoms with E-state index in [0.717, 1.165) is 0 Å². The molecule has 2 aromatic heterocycles. The number of benzene rings is 7. The molecule has 2 heterocycles. The SMILES string of the molecule is CC(C)(C)c1cc2c(-c3ccc4c(ccc5ccccc54)c3)c3sc(C(C)(C)C)cc3c(-c3ccc4c(ccc5ccccc54)c3)c2s1. The van der Waals surface area contributed by atoms with E-state index in [4.69, 9.17) is 0 Å². The average Bonchev–Trinajstić information content (AvgIpc) is 3.72. The Kier molecular flexibility index (Phi) is 6.48. The van der Waals surface area contributed by atoms with Crippen molar-refractivity contribution in [2.45, 2.75) is 52.4 Å². The highest BCUT2D eigenvalue weighted by atomic mass is 32.1. The van der Waals surface area contributed by atoms with Crippen molar-refractivity contribution in [1.82, 2.24) is 0 Å². The van der Waals surface area contributed by atoms with Crippen LogP contribution in [0.4, 0.5) is 0 Å². The molecule has 0 aliphatic carbocycles. The number of fused-ring (bicyclic) bond motifs is 8. The van der Waals surface area contributed by atoms with Crippen molar-refractivity contribution in [1.29, 1.82) is 0 Å². The monoisotopic (exact) mass is 654 g/mol. The van der Waals surface area contributed by atoms with Gasteiger partial charge in [-0.25, -0.2) is 0 Å². The lowest BCUT2D eigenvalue weighted by molar-refractivity contribution is 0.604. The van der Waals surface area contributed by atoms with E-state index in [-0.39, 0.29) is 10.8 Å². The zero-order valence-electron chi connectivity index (χ0n) is 28.4. The van der Waals surface area contributed by atoms with Gasteiger partial charge in [0, 0.05) is 41.1 Å². The molecular formula is C46H38S2. The molecule has 234 valence electrons. The van der Waals surface area contributed by atoms with Gasteiger partial charge in [0.15, 0.2) is 0 Å². The van der Waals surface area contributed by atoms with E-state index in [1.807, 2.05) is 22.7 Å². The summed E-state index contributed by atoms with van der Waals surface area (Å²) in [5.41, 5.74) is 5.44. The predicted molar refractivity (Wildman–Crippen MR) is 216 cm³/mol. The average molecular weight is 655 g/mol. The molecule has 9 aromatic rings. The first-order chi connectivity index (χ1) is 23.0. The lowest BCUT2D eigenvalue weighted by Crippen LogP contribution is -2.07. The van der Waals surface area contributed by atoms with Crippen molar-refractivity contribution in [3.63, 3.8) is 0 Å². The van der Waals surface area contributed by atoms with E-state index in [1.54, 1.807) is 0 Å². The van der Waals surface area contributed by atoms with Crippen LogP contribution in [0.2, 0.25) is 0 Å². The van der Waals surface area contributed by atoms with Crippen LogP contribution >= 0.6 is 22.7 Å². The topological polar surface area (TPSA) is 0 Å². The molecule has 0 amide bonds. The van der Waals surface area contributed by atoms with Gasteiger partial charge in [-0.05, 0) is 89.3 Å². The van der Waals surface area contributed by atoms with Gasteiger partial charge in [-0.1, -0.05) is 139 Å². The van der Waals surface area contributed by atoms with E-state index in [0.29, 0.717) is 0 Å². The van der Waals surface area contributed by atoms with Crippen LogP contribution < -0.4 is 0 Å². The summed E-state index contributed by atoms with van der Waals surface area (Å²) in [6.45, 7) is 14.1. The van der Waals surface area contributed by atoms with Gasteiger partial charge in [0.05, 0.1) is 0 Å². The molecule has 0 nitrogen and oxygen atoms in total. The minimum absolute atomic E-state index is 0.0484. The fourth-order valence-electron chi connectivity index (χ4n) is 7.42. The van der Waals surface area contributed by atoms with Crippen molar-refractivity contribution in [2.75, 3.05) is 0 Å². The van der Waals surface area contributed by atoms with Gasteiger partial charge < -0.3 is 0 Å². The first kappa shape index (κ1) is 29.6. The second kappa shape index (κ2) is 10.5. The molecule has 7 aromatic carbocycles. The highest BCUT2D eigenvalue weighted by Gasteiger charge is 2.27. The molecule has 0 N–H and O–H groups in total. The van der Waals surface area contributed by atoms with Crippen LogP contribution in [0, 0.1) is 0 Å². The highest BCUT2D eigenvalue weighted by Crippen LogP contribution is 2.52. The van der Waals surface area contributed by atoms with Gasteiger partial charge in [0.2, 0.25) is 0 Å². The summed E-state index contributed by atoms with van der Waals surface area (Å²) in [5.74, 6) is 0. The zero-order chi connectivity index (χ0) is 32.9. The number of thiophene rings is 2. The van der Waals surface area contributed by atoms with Crippen LogP contribution in [-0.2, 0) is 10.8 Å². The van der Waals surface area contributed by atoms with E-state index in [9.17, 15) is 0 Å². The fraction of sp³-hybridized carbons (Fsp3) is 0.174. The molecule has 0 spiro atoms. The van der Waals surface area contributed by atoms with E-state index < -0.39 is 0 Å². The number of rotatable bonds is 2. The van der Waals surface area contributed by atoms with E-state index in [1.165, 1.54) is 95.3 Å². The van der Waals surface area contributed by atoms with Gasteiger partial charge in [-0.3, -0.25) is 0 Å². The molecule has 0 bridgehead atoms. The molecule has 0 unspecified atom stereocenters. The Morgan fingerprint density at radius 2 is 0.729 bits per heavy atom. The largest absolute Gasteiger partial charge is 0.139 e. The second-order valence-corrected chi connectivity index (χ2v) is 17.5. The summed E-state index contributed by atoms with van der Waals surface area (Å²) in [6, 6.07) is 45.9. The summed E-state index contributed by atoms with van der Waals surface area (Å²) in [6.07, 6.45) is 0. The third kappa shape index (κ3) is 4.61. The quantitative estimate of drug-likeness (QED) is 0.163. The summed E-state index contributed by atoms with van der Waals surface area (Å²) in [5, 5.41) is 13.1. The second-order valence-electron chi connectivity index (χ2n) is 15.4. The smallest absolute Gasteiger partial charge is 0.0437 e. The molecule has 2 heteroatoms.